The van der Waals surface area contributed by atoms with E-state index in [0.29, 0.717) is 0 Å². The highest BCUT2D eigenvalue weighted by Gasteiger charge is 2.04. The minimum atomic E-state index is 1.04. The van der Waals surface area contributed by atoms with Crippen molar-refractivity contribution < 1.29 is 0 Å². The molecule has 2 aromatic carbocycles. The molecule has 0 saturated heterocycles. The summed E-state index contributed by atoms with van der Waals surface area (Å²) in [5, 5.41) is 3.45. The third kappa shape index (κ3) is 3.48. The van der Waals surface area contributed by atoms with Gasteiger partial charge in [-0.2, -0.15) is 0 Å². The largest absolute Gasteiger partial charge is 0.355 e. The normalized spacial score (nSPS) is 12.1. The van der Waals surface area contributed by atoms with Crippen LogP contribution in [-0.4, -0.2) is 0 Å². The molecule has 1 nitrogen and oxygen atoms in total. The second kappa shape index (κ2) is 7.15. The van der Waals surface area contributed by atoms with Gasteiger partial charge in [0, 0.05) is 17.0 Å². The van der Waals surface area contributed by atoms with E-state index in [-0.39, 0.29) is 0 Å². The van der Waals surface area contributed by atoms with Gasteiger partial charge in [-0.1, -0.05) is 67.3 Å². The minimum Gasteiger partial charge on any atom is -0.355 e. The van der Waals surface area contributed by atoms with Gasteiger partial charge < -0.3 is 5.32 Å². The summed E-state index contributed by atoms with van der Waals surface area (Å²) in [6.07, 6.45) is 5.98. The molecule has 0 saturated carbocycles. The Morgan fingerprint density at radius 2 is 1.55 bits per heavy atom. The Hall–Kier alpha value is -2.54. The Morgan fingerprint density at radius 3 is 2.10 bits per heavy atom. The summed E-state index contributed by atoms with van der Waals surface area (Å²) in [4.78, 5) is 0. The van der Waals surface area contributed by atoms with Gasteiger partial charge in [-0.15, -0.1) is 0 Å². The number of nitrogens with one attached hydrogen (secondary N) is 1. The Bertz CT molecular complexity index is 607. The van der Waals surface area contributed by atoms with Crippen molar-refractivity contribution in [1.29, 1.82) is 0 Å². The summed E-state index contributed by atoms with van der Waals surface area (Å²) in [5.41, 5.74) is 4.35. The summed E-state index contributed by atoms with van der Waals surface area (Å²) in [6.45, 7) is 5.96. The fourth-order valence-corrected chi connectivity index (χ4v) is 2.04. The fraction of sp³-hybridized carbons (Fsp3) is 0.0526. The first-order chi connectivity index (χ1) is 9.85. The summed E-state index contributed by atoms with van der Waals surface area (Å²) in [7, 11) is 0. The van der Waals surface area contributed by atoms with E-state index in [2.05, 4.69) is 42.2 Å². The quantitative estimate of drug-likeness (QED) is 0.723. The van der Waals surface area contributed by atoms with Crippen molar-refractivity contribution >= 4 is 11.3 Å². The second-order valence-corrected chi connectivity index (χ2v) is 4.39. The van der Waals surface area contributed by atoms with Gasteiger partial charge in [0.05, 0.1) is 0 Å². The van der Waals surface area contributed by atoms with Crippen molar-refractivity contribution in [3.05, 3.63) is 96.7 Å². The number of benzene rings is 2. The van der Waals surface area contributed by atoms with Crippen molar-refractivity contribution in [2.24, 2.45) is 0 Å². The molecule has 0 heterocycles. The van der Waals surface area contributed by atoms with Crippen LogP contribution in [-0.2, 0) is 0 Å². The predicted molar refractivity (Wildman–Crippen MR) is 88.4 cm³/mol. The highest BCUT2D eigenvalue weighted by atomic mass is 14.9. The van der Waals surface area contributed by atoms with Crippen molar-refractivity contribution in [3.8, 4) is 0 Å². The summed E-state index contributed by atoms with van der Waals surface area (Å²) >= 11 is 0. The standard InChI is InChI=1S/C19H19N/c1-3-11-19(20-17-14-9-6-10-15-17)18(4-2)16-12-7-5-8-13-16/h3-15,20H,2H2,1H3/b11-3-,19-18-. The maximum atomic E-state index is 3.95. The molecule has 0 unspecified atom stereocenters. The third-order valence-corrected chi connectivity index (χ3v) is 2.97. The van der Waals surface area contributed by atoms with Crippen LogP contribution in [0.4, 0.5) is 5.69 Å². The van der Waals surface area contributed by atoms with Crippen molar-refractivity contribution in [3.63, 3.8) is 0 Å². The van der Waals surface area contributed by atoms with E-state index in [1.807, 2.05) is 55.5 Å². The van der Waals surface area contributed by atoms with Crippen LogP contribution >= 0.6 is 0 Å². The van der Waals surface area contributed by atoms with Gasteiger partial charge in [0.2, 0.25) is 0 Å². The number of rotatable bonds is 5. The van der Waals surface area contributed by atoms with Crippen molar-refractivity contribution in [2.75, 3.05) is 5.32 Å². The van der Waals surface area contributed by atoms with Gasteiger partial charge in [0.1, 0.15) is 0 Å². The Balaban J connectivity index is 2.44. The molecule has 1 N–H and O–H groups in total. The van der Waals surface area contributed by atoms with Gasteiger partial charge >= 0.3 is 0 Å². The van der Waals surface area contributed by atoms with E-state index < -0.39 is 0 Å². The van der Waals surface area contributed by atoms with Gasteiger partial charge in [0.15, 0.2) is 0 Å². The number of allylic oxidation sites excluding steroid dienone is 4. The Labute approximate surface area is 121 Å². The maximum absolute atomic E-state index is 3.95. The Morgan fingerprint density at radius 1 is 0.950 bits per heavy atom. The van der Waals surface area contributed by atoms with Crippen LogP contribution in [0.15, 0.2) is 91.2 Å². The lowest BCUT2D eigenvalue weighted by molar-refractivity contribution is 1.45. The first-order valence-electron chi connectivity index (χ1n) is 6.72. The SMILES string of the molecule is C=C/C(=C(\C=C/C)Nc1ccccc1)c1ccccc1. The molecule has 20 heavy (non-hydrogen) atoms. The topological polar surface area (TPSA) is 12.0 Å². The molecule has 0 radical (unpaired) electrons. The van der Waals surface area contributed by atoms with Crippen LogP contribution < -0.4 is 5.32 Å². The molecule has 2 aromatic rings. The predicted octanol–water partition coefficient (Wildman–Crippen LogP) is 5.27. The van der Waals surface area contributed by atoms with E-state index in [4.69, 9.17) is 0 Å². The fourth-order valence-electron chi connectivity index (χ4n) is 2.04. The Kier molecular flexibility index (Phi) is 4.96. The molecular weight excluding hydrogens is 242 g/mol. The minimum absolute atomic E-state index is 1.04. The van der Waals surface area contributed by atoms with E-state index in [0.717, 1.165) is 22.5 Å². The highest BCUT2D eigenvalue weighted by molar-refractivity contribution is 5.80. The van der Waals surface area contributed by atoms with E-state index in [1.165, 1.54) is 0 Å². The monoisotopic (exact) mass is 261 g/mol. The molecule has 0 aliphatic heterocycles. The van der Waals surface area contributed by atoms with E-state index in [9.17, 15) is 0 Å². The zero-order valence-corrected chi connectivity index (χ0v) is 11.7. The number of hydrogen-bond acceptors (Lipinski definition) is 1. The van der Waals surface area contributed by atoms with Crippen LogP contribution in [0.2, 0.25) is 0 Å². The lowest BCUT2D eigenvalue weighted by Gasteiger charge is -2.12. The smallest absolute Gasteiger partial charge is 0.0460 e. The average molecular weight is 261 g/mol. The molecule has 0 bridgehead atoms. The summed E-state index contributed by atoms with van der Waals surface area (Å²) in [6, 6.07) is 20.4. The second-order valence-electron chi connectivity index (χ2n) is 4.39. The van der Waals surface area contributed by atoms with Gasteiger partial charge in [-0.25, -0.2) is 0 Å². The number of hydrogen-bond donors (Lipinski definition) is 1. The number of para-hydroxylation sites is 1. The van der Waals surface area contributed by atoms with E-state index >= 15 is 0 Å². The molecule has 2 rings (SSSR count). The molecule has 0 atom stereocenters. The van der Waals surface area contributed by atoms with Crippen LogP contribution in [0.3, 0.4) is 0 Å². The third-order valence-electron chi connectivity index (χ3n) is 2.97. The molecule has 0 spiro atoms. The van der Waals surface area contributed by atoms with Crippen LogP contribution in [0.5, 0.6) is 0 Å². The number of anilines is 1. The molecule has 0 aliphatic rings. The lowest BCUT2D eigenvalue weighted by Crippen LogP contribution is -2.00. The van der Waals surface area contributed by atoms with Crippen LogP contribution in [0.1, 0.15) is 12.5 Å². The van der Waals surface area contributed by atoms with Crippen molar-refractivity contribution in [1.82, 2.24) is 0 Å². The zero-order chi connectivity index (χ0) is 14.2. The summed E-state index contributed by atoms with van der Waals surface area (Å²) < 4.78 is 0. The van der Waals surface area contributed by atoms with Crippen LogP contribution in [0.25, 0.3) is 5.57 Å². The van der Waals surface area contributed by atoms with E-state index in [1.54, 1.807) is 0 Å². The molecule has 1 heteroatoms. The molecule has 0 amide bonds. The first kappa shape index (κ1) is 13.9. The highest BCUT2D eigenvalue weighted by Crippen LogP contribution is 2.22. The molecule has 100 valence electrons. The maximum Gasteiger partial charge on any atom is 0.0460 e. The average Bonchev–Trinajstić information content (AvgIpc) is 2.50. The van der Waals surface area contributed by atoms with Gasteiger partial charge in [-0.3, -0.25) is 0 Å². The summed E-state index contributed by atoms with van der Waals surface area (Å²) in [5.74, 6) is 0. The van der Waals surface area contributed by atoms with Crippen molar-refractivity contribution in [2.45, 2.75) is 6.92 Å². The molecular formula is C19H19N. The molecule has 0 aliphatic carbocycles. The van der Waals surface area contributed by atoms with Gasteiger partial charge in [-0.05, 0) is 30.7 Å². The van der Waals surface area contributed by atoms with Crippen LogP contribution in [0, 0.1) is 0 Å². The first-order valence-corrected chi connectivity index (χ1v) is 6.72. The van der Waals surface area contributed by atoms with Gasteiger partial charge in [0.25, 0.3) is 0 Å². The molecule has 0 aromatic heterocycles. The lowest BCUT2D eigenvalue weighted by atomic mass is 10.0. The molecule has 0 fully saturated rings. The zero-order valence-electron chi connectivity index (χ0n) is 11.7.